The Labute approximate surface area is 107 Å². The Morgan fingerprint density at radius 2 is 2.17 bits per heavy atom. The van der Waals surface area contributed by atoms with Crippen LogP contribution in [-0.4, -0.2) is 16.6 Å². The van der Waals surface area contributed by atoms with E-state index in [1.165, 1.54) is 6.26 Å². The maximum absolute atomic E-state index is 11.9. The highest BCUT2D eigenvalue weighted by atomic mass is 16.5. The Bertz CT molecular complexity index is 400. The van der Waals surface area contributed by atoms with Crippen LogP contribution in [0.5, 0.6) is 0 Å². The van der Waals surface area contributed by atoms with Gasteiger partial charge >= 0.3 is 0 Å². The van der Waals surface area contributed by atoms with Gasteiger partial charge < -0.3 is 9.84 Å². The number of nitrogens with zero attached hydrogens (tertiary/aromatic N) is 2. The molecule has 5 nitrogen and oxygen atoms in total. The monoisotopic (exact) mass is 249 g/mol. The molecular formula is C13H19N3O2. The molecule has 0 unspecified atom stereocenters. The molecule has 0 aromatic carbocycles. The molecule has 0 radical (unpaired) electrons. The Morgan fingerprint density at radius 1 is 1.50 bits per heavy atom. The fourth-order valence-electron chi connectivity index (χ4n) is 2.05. The van der Waals surface area contributed by atoms with Crippen LogP contribution in [0.1, 0.15) is 45.2 Å². The summed E-state index contributed by atoms with van der Waals surface area (Å²) in [5.41, 5.74) is -0.169. The van der Waals surface area contributed by atoms with Crippen LogP contribution in [0.2, 0.25) is 0 Å². The fourth-order valence-corrected chi connectivity index (χ4v) is 2.05. The number of nitriles is 1. The van der Waals surface area contributed by atoms with Crippen LogP contribution in [-0.2, 0) is 11.2 Å². The maximum atomic E-state index is 11.9. The van der Waals surface area contributed by atoms with E-state index in [9.17, 15) is 10.1 Å². The van der Waals surface area contributed by atoms with Crippen molar-refractivity contribution in [3.05, 3.63) is 18.0 Å². The Hall–Kier alpha value is -1.83. The summed E-state index contributed by atoms with van der Waals surface area (Å²) in [5.74, 6) is -0.188. The first kappa shape index (κ1) is 14.2. The number of nitrogens with one attached hydrogen (secondary N) is 1. The zero-order valence-electron chi connectivity index (χ0n) is 10.9. The third-order valence-electron chi connectivity index (χ3n) is 2.78. The van der Waals surface area contributed by atoms with Gasteiger partial charge in [0.15, 0.2) is 0 Å². The minimum atomic E-state index is -0.746. The molecule has 0 saturated heterocycles. The normalized spacial score (nSPS) is 10.9. The van der Waals surface area contributed by atoms with E-state index in [2.05, 4.69) is 21.1 Å². The standard InChI is InChI=1S/C13H19N3O2/c1-3-6-13(10-14,7-4-2)15-12(17)9-11-5-8-18-16-11/h5,8H,3-4,6-7,9H2,1-2H3,(H,15,17). The molecule has 0 aliphatic heterocycles. The van der Waals surface area contributed by atoms with Crippen LogP contribution >= 0.6 is 0 Å². The van der Waals surface area contributed by atoms with Gasteiger partial charge in [0.1, 0.15) is 11.8 Å². The summed E-state index contributed by atoms with van der Waals surface area (Å²) in [6.07, 6.45) is 4.63. The molecule has 18 heavy (non-hydrogen) atoms. The number of hydrogen-bond acceptors (Lipinski definition) is 4. The lowest BCUT2D eigenvalue weighted by Gasteiger charge is -2.27. The first-order valence-electron chi connectivity index (χ1n) is 6.27. The quantitative estimate of drug-likeness (QED) is 0.803. The number of carbonyl (C=O) groups excluding carboxylic acids is 1. The average Bonchev–Trinajstić information content (AvgIpc) is 2.82. The second-order valence-corrected chi connectivity index (χ2v) is 4.41. The zero-order chi connectivity index (χ0) is 13.4. The lowest BCUT2D eigenvalue weighted by molar-refractivity contribution is -0.122. The molecule has 5 heteroatoms. The lowest BCUT2D eigenvalue weighted by Crippen LogP contribution is -2.47. The van der Waals surface area contributed by atoms with Gasteiger partial charge in [-0.3, -0.25) is 4.79 Å². The van der Waals surface area contributed by atoms with Gasteiger partial charge in [0.25, 0.3) is 0 Å². The van der Waals surface area contributed by atoms with E-state index in [0.29, 0.717) is 18.5 Å². The van der Waals surface area contributed by atoms with Gasteiger partial charge in [0.2, 0.25) is 5.91 Å². The second-order valence-electron chi connectivity index (χ2n) is 4.41. The molecule has 98 valence electrons. The molecule has 1 aromatic rings. The smallest absolute Gasteiger partial charge is 0.227 e. The molecule has 0 spiro atoms. The van der Waals surface area contributed by atoms with E-state index >= 15 is 0 Å². The van der Waals surface area contributed by atoms with Crippen molar-refractivity contribution >= 4 is 5.91 Å². The first-order chi connectivity index (χ1) is 8.65. The molecule has 1 rings (SSSR count). The SMILES string of the molecule is CCCC(C#N)(CCC)NC(=O)Cc1ccon1. The van der Waals surface area contributed by atoms with E-state index in [1.54, 1.807) is 6.07 Å². The van der Waals surface area contributed by atoms with Gasteiger partial charge in [-0.1, -0.05) is 31.8 Å². The first-order valence-corrected chi connectivity index (χ1v) is 6.27. The number of aromatic nitrogens is 1. The molecule has 0 fully saturated rings. The van der Waals surface area contributed by atoms with Gasteiger partial charge in [-0.2, -0.15) is 5.26 Å². The number of rotatable bonds is 7. The van der Waals surface area contributed by atoms with Crippen LogP contribution in [0.3, 0.4) is 0 Å². The summed E-state index contributed by atoms with van der Waals surface area (Å²) >= 11 is 0. The Kier molecular flexibility index (Phi) is 5.37. The van der Waals surface area contributed by atoms with Gasteiger partial charge in [-0.25, -0.2) is 0 Å². The van der Waals surface area contributed by atoms with E-state index in [0.717, 1.165) is 12.8 Å². The topological polar surface area (TPSA) is 78.9 Å². The number of amides is 1. The summed E-state index contributed by atoms with van der Waals surface area (Å²) in [6.45, 7) is 4.01. The second kappa shape index (κ2) is 6.80. The minimum absolute atomic E-state index is 0.146. The number of carbonyl (C=O) groups is 1. The molecule has 1 amide bonds. The summed E-state index contributed by atoms with van der Waals surface area (Å²) in [5, 5.41) is 15.8. The highest BCUT2D eigenvalue weighted by molar-refractivity contribution is 5.79. The van der Waals surface area contributed by atoms with E-state index in [-0.39, 0.29) is 12.3 Å². The summed E-state index contributed by atoms with van der Waals surface area (Å²) in [6, 6.07) is 3.90. The Morgan fingerprint density at radius 3 is 2.61 bits per heavy atom. The summed E-state index contributed by atoms with van der Waals surface area (Å²) < 4.78 is 4.67. The molecular weight excluding hydrogens is 230 g/mol. The van der Waals surface area contributed by atoms with Crippen molar-refractivity contribution in [3.63, 3.8) is 0 Å². The lowest BCUT2D eigenvalue weighted by atomic mass is 9.90. The number of hydrogen-bond donors (Lipinski definition) is 1. The van der Waals surface area contributed by atoms with Gasteiger partial charge in [-0.05, 0) is 12.8 Å². The maximum Gasteiger partial charge on any atom is 0.227 e. The highest BCUT2D eigenvalue weighted by Gasteiger charge is 2.30. The van der Waals surface area contributed by atoms with Crippen LogP contribution in [0.4, 0.5) is 0 Å². The van der Waals surface area contributed by atoms with E-state index < -0.39 is 5.54 Å². The van der Waals surface area contributed by atoms with Crippen LogP contribution in [0, 0.1) is 11.3 Å². The molecule has 0 saturated carbocycles. The van der Waals surface area contributed by atoms with Crippen molar-refractivity contribution in [3.8, 4) is 6.07 Å². The van der Waals surface area contributed by atoms with Gasteiger partial charge in [-0.15, -0.1) is 0 Å². The molecule has 0 atom stereocenters. The van der Waals surface area contributed by atoms with Gasteiger partial charge in [0.05, 0.1) is 18.2 Å². The van der Waals surface area contributed by atoms with Crippen molar-refractivity contribution in [2.75, 3.05) is 0 Å². The van der Waals surface area contributed by atoms with Crippen molar-refractivity contribution < 1.29 is 9.32 Å². The Balaban J connectivity index is 2.65. The fraction of sp³-hybridized carbons (Fsp3) is 0.615. The largest absolute Gasteiger partial charge is 0.364 e. The van der Waals surface area contributed by atoms with Crippen LogP contribution < -0.4 is 5.32 Å². The van der Waals surface area contributed by atoms with Crippen molar-refractivity contribution in [1.29, 1.82) is 5.26 Å². The predicted octanol–water partition coefficient (Wildman–Crippen LogP) is 2.20. The zero-order valence-corrected chi connectivity index (χ0v) is 10.9. The van der Waals surface area contributed by atoms with Crippen LogP contribution in [0.15, 0.2) is 16.9 Å². The van der Waals surface area contributed by atoms with E-state index in [1.807, 2.05) is 13.8 Å². The third-order valence-corrected chi connectivity index (χ3v) is 2.78. The molecule has 0 bridgehead atoms. The molecule has 1 aromatic heterocycles. The van der Waals surface area contributed by atoms with Crippen molar-refractivity contribution in [1.82, 2.24) is 10.5 Å². The molecule has 1 heterocycles. The van der Waals surface area contributed by atoms with Gasteiger partial charge in [0, 0.05) is 6.07 Å². The van der Waals surface area contributed by atoms with Crippen LogP contribution in [0.25, 0.3) is 0 Å². The van der Waals surface area contributed by atoms with Crippen molar-refractivity contribution in [2.24, 2.45) is 0 Å². The third kappa shape index (κ3) is 3.88. The molecule has 1 N–H and O–H groups in total. The molecule has 0 aliphatic rings. The molecule has 0 aliphatic carbocycles. The predicted molar refractivity (Wildman–Crippen MR) is 66.5 cm³/mol. The van der Waals surface area contributed by atoms with Crippen molar-refractivity contribution in [2.45, 2.75) is 51.5 Å². The highest BCUT2D eigenvalue weighted by Crippen LogP contribution is 2.19. The van der Waals surface area contributed by atoms with E-state index in [4.69, 9.17) is 0 Å². The average molecular weight is 249 g/mol. The summed E-state index contributed by atoms with van der Waals surface area (Å²) in [7, 11) is 0. The summed E-state index contributed by atoms with van der Waals surface area (Å²) in [4.78, 5) is 11.9. The minimum Gasteiger partial charge on any atom is -0.364 e.